The number of fused-ring (bicyclic) bond motifs is 3. The number of carbonyl (C=O) groups excluding carboxylic acids is 1. The lowest BCUT2D eigenvalue weighted by atomic mass is 9.86. The summed E-state index contributed by atoms with van der Waals surface area (Å²) < 4.78 is 17.0. The molecule has 0 spiro atoms. The average molecular weight is 510 g/mol. The highest BCUT2D eigenvalue weighted by molar-refractivity contribution is 9.09. The second kappa shape index (κ2) is 10.3. The van der Waals surface area contributed by atoms with Gasteiger partial charge in [-0.15, -0.1) is 0 Å². The van der Waals surface area contributed by atoms with E-state index in [0.29, 0.717) is 17.9 Å². The molecule has 1 N–H and O–H groups in total. The Bertz CT molecular complexity index is 1090. The fourth-order valence-corrected chi connectivity index (χ4v) is 4.94. The molecule has 0 aliphatic heterocycles. The van der Waals surface area contributed by atoms with Crippen molar-refractivity contribution in [2.75, 3.05) is 19.5 Å². The summed E-state index contributed by atoms with van der Waals surface area (Å²) in [7, 11) is 3.21. The van der Waals surface area contributed by atoms with Crippen molar-refractivity contribution in [1.82, 2.24) is 5.32 Å². The van der Waals surface area contributed by atoms with Crippen LogP contribution in [-0.2, 0) is 16.9 Å². The number of carbonyl (C=O) groups is 1. The van der Waals surface area contributed by atoms with Gasteiger partial charge in [0, 0.05) is 34.6 Å². The zero-order valence-electron chi connectivity index (χ0n) is 18.9. The van der Waals surface area contributed by atoms with Gasteiger partial charge in [0.1, 0.15) is 11.5 Å². The van der Waals surface area contributed by atoms with Gasteiger partial charge in [-0.3, -0.25) is 0 Å². The summed E-state index contributed by atoms with van der Waals surface area (Å²) in [4.78, 5) is 13.1. The lowest BCUT2D eigenvalue weighted by Crippen LogP contribution is -2.37. The molecule has 0 heterocycles. The molecule has 4 rings (SSSR count). The summed E-state index contributed by atoms with van der Waals surface area (Å²) in [5, 5.41) is 3.84. The Hall–Kier alpha value is -2.99. The Morgan fingerprint density at radius 1 is 0.909 bits per heavy atom. The number of rotatable bonds is 9. The number of alkyl carbamates (subject to hydrolysis) is 1. The standard InChI is InChI=1S/C27H28BrNO4/c1-31-20-14-13-19(25(17-20)32-2)18-29-26(30)33-27(15-7-8-16-28)23-11-5-3-9-21(23)22-10-4-6-12-24(22)27/h3-6,9-14,17H,7-8,15-16,18H2,1-2H3,(H,29,30). The van der Waals surface area contributed by atoms with Gasteiger partial charge in [-0.05, 0) is 42.5 Å². The predicted molar refractivity (Wildman–Crippen MR) is 133 cm³/mol. The first-order chi connectivity index (χ1) is 16.1. The van der Waals surface area contributed by atoms with E-state index in [2.05, 4.69) is 45.5 Å². The Balaban J connectivity index is 1.61. The van der Waals surface area contributed by atoms with E-state index in [9.17, 15) is 4.79 Å². The zero-order chi connectivity index (χ0) is 23.3. The van der Waals surface area contributed by atoms with Crippen LogP contribution in [0, 0.1) is 0 Å². The van der Waals surface area contributed by atoms with Crippen LogP contribution in [0.3, 0.4) is 0 Å². The third kappa shape index (κ3) is 4.58. The molecular formula is C27H28BrNO4. The quantitative estimate of drug-likeness (QED) is 0.267. The molecule has 3 aromatic carbocycles. The first-order valence-electron chi connectivity index (χ1n) is 11.1. The predicted octanol–water partition coefficient (Wildman–Crippen LogP) is 6.42. The summed E-state index contributed by atoms with van der Waals surface area (Å²) in [6.07, 6.45) is 2.18. The van der Waals surface area contributed by atoms with Crippen molar-refractivity contribution in [3.63, 3.8) is 0 Å². The molecule has 0 unspecified atom stereocenters. The summed E-state index contributed by atoms with van der Waals surface area (Å²) in [5.41, 5.74) is 4.35. The monoisotopic (exact) mass is 509 g/mol. The van der Waals surface area contributed by atoms with Gasteiger partial charge in [-0.2, -0.15) is 0 Å². The third-order valence-corrected chi connectivity index (χ3v) is 6.67. The van der Waals surface area contributed by atoms with E-state index in [4.69, 9.17) is 14.2 Å². The van der Waals surface area contributed by atoms with Crippen LogP contribution in [-0.4, -0.2) is 25.6 Å². The highest BCUT2D eigenvalue weighted by Crippen LogP contribution is 2.52. The number of hydrogen-bond donors (Lipinski definition) is 1. The van der Waals surface area contributed by atoms with Gasteiger partial charge in [0.2, 0.25) is 0 Å². The maximum absolute atomic E-state index is 13.1. The minimum atomic E-state index is -0.816. The van der Waals surface area contributed by atoms with Crippen molar-refractivity contribution in [3.8, 4) is 22.6 Å². The average Bonchev–Trinajstić information content (AvgIpc) is 3.13. The summed E-state index contributed by atoms with van der Waals surface area (Å²) in [6, 6.07) is 21.9. The minimum Gasteiger partial charge on any atom is -0.497 e. The van der Waals surface area contributed by atoms with E-state index >= 15 is 0 Å². The number of benzene rings is 3. The smallest absolute Gasteiger partial charge is 0.408 e. The molecule has 1 aliphatic carbocycles. The molecule has 0 fully saturated rings. The van der Waals surface area contributed by atoms with Crippen molar-refractivity contribution in [2.24, 2.45) is 0 Å². The van der Waals surface area contributed by atoms with Crippen LogP contribution < -0.4 is 14.8 Å². The van der Waals surface area contributed by atoms with Gasteiger partial charge in [-0.1, -0.05) is 64.5 Å². The van der Waals surface area contributed by atoms with Crippen molar-refractivity contribution >= 4 is 22.0 Å². The molecule has 0 saturated heterocycles. The van der Waals surface area contributed by atoms with E-state index < -0.39 is 11.7 Å². The largest absolute Gasteiger partial charge is 0.497 e. The number of alkyl halides is 1. The van der Waals surface area contributed by atoms with Crippen LogP contribution in [0.2, 0.25) is 0 Å². The van der Waals surface area contributed by atoms with Gasteiger partial charge < -0.3 is 19.5 Å². The van der Waals surface area contributed by atoms with Crippen LogP contribution in [0.5, 0.6) is 11.5 Å². The number of halogens is 1. The number of amides is 1. The van der Waals surface area contributed by atoms with E-state index in [1.165, 1.54) is 0 Å². The number of unbranched alkanes of at least 4 members (excludes halogenated alkanes) is 1. The van der Waals surface area contributed by atoms with Gasteiger partial charge in [0.05, 0.1) is 14.2 Å². The Kier molecular flexibility index (Phi) is 7.23. The minimum absolute atomic E-state index is 0.284. The number of ether oxygens (including phenoxy) is 3. The maximum Gasteiger partial charge on any atom is 0.408 e. The molecular weight excluding hydrogens is 482 g/mol. The summed E-state index contributed by atoms with van der Waals surface area (Å²) in [5.74, 6) is 1.35. The molecule has 5 nitrogen and oxygen atoms in total. The van der Waals surface area contributed by atoms with Gasteiger partial charge in [0.25, 0.3) is 0 Å². The molecule has 3 aromatic rings. The van der Waals surface area contributed by atoms with Crippen LogP contribution in [0.25, 0.3) is 11.1 Å². The van der Waals surface area contributed by atoms with Crippen molar-refractivity contribution in [3.05, 3.63) is 83.4 Å². The summed E-state index contributed by atoms with van der Waals surface area (Å²) in [6.45, 7) is 0.284. The first-order valence-corrected chi connectivity index (χ1v) is 12.2. The fraction of sp³-hybridized carbons (Fsp3) is 0.296. The summed E-state index contributed by atoms with van der Waals surface area (Å²) >= 11 is 3.52. The number of nitrogens with one attached hydrogen (secondary N) is 1. The Morgan fingerprint density at radius 2 is 1.58 bits per heavy atom. The molecule has 6 heteroatoms. The number of methoxy groups -OCH3 is 2. The molecule has 0 bridgehead atoms. The molecule has 1 aliphatic rings. The van der Waals surface area contributed by atoms with Gasteiger partial charge >= 0.3 is 6.09 Å². The lowest BCUT2D eigenvalue weighted by Gasteiger charge is -2.32. The highest BCUT2D eigenvalue weighted by atomic mass is 79.9. The number of hydrogen-bond acceptors (Lipinski definition) is 4. The highest BCUT2D eigenvalue weighted by Gasteiger charge is 2.46. The van der Waals surface area contributed by atoms with E-state index in [-0.39, 0.29) is 6.54 Å². The van der Waals surface area contributed by atoms with Crippen LogP contribution in [0.1, 0.15) is 36.0 Å². The maximum atomic E-state index is 13.1. The van der Waals surface area contributed by atoms with E-state index in [1.807, 2.05) is 36.4 Å². The van der Waals surface area contributed by atoms with Crippen LogP contribution in [0.15, 0.2) is 66.7 Å². The molecule has 172 valence electrons. The Labute approximate surface area is 203 Å². The first kappa shape index (κ1) is 23.2. The second-order valence-corrected chi connectivity index (χ2v) is 8.78. The van der Waals surface area contributed by atoms with Crippen LogP contribution in [0.4, 0.5) is 4.79 Å². The molecule has 0 atom stereocenters. The van der Waals surface area contributed by atoms with Crippen molar-refractivity contribution in [1.29, 1.82) is 0 Å². The third-order valence-electron chi connectivity index (χ3n) is 6.11. The normalized spacial score (nSPS) is 13.1. The van der Waals surface area contributed by atoms with E-state index in [1.54, 1.807) is 20.3 Å². The Morgan fingerprint density at radius 3 is 2.18 bits per heavy atom. The van der Waals surface area contributed by atoms with Gasteiger partial charge in [-0.25, -0.2) is 4.79 Å². The zero-order valence-corrected chi connectivity index (χ0v) is 20.5. The van der Waals surface area contributed by atoms with Crippen molar-refractivity contribution in [2.45, 2.75) is 31.4 Å². The fourth-order valence-electron chi connectivity index (χ4n) is 4.54. The molecule has 0 aromatic heterocycles. The van der Waals surface area contributed by atoms with Crippen molar-refractivity contribution < 1.29 is 19.0 Å². The SMILES string of the molecule is COc1ccc(CNC(=O)OC2(CCCCBr)c3ccccc3-c3ccccc32)c(OC)c1. The van der Waals surface area contributed by atoms with Crippen LogP contribution >= 0.6 is 15.9 Å². The van der Waals surface area contributed by atoms with E-state index in [0.717, 1.165) is 46.0 Å². The molecule has 0 radical (unpaired) electrons. The molecule has 1 amide bonds. The lowest BCUT2D eigenvalue weighted by molar-refractivity contribution is 0.0334. The second-order valence-electron chi connectivity index (χ2n) is 7.99. The molecule has 0 saturated carbocycles. The van der Waals surface area contributed by atoms with Gasteiger partial charge in [0.15, 0.2) is 5.60 Å². The molecule has 33 heavy (non-hydrogen) atoms. The topological polar surface area (TPSA) is 56.8 Å².